The van der Waals surface area contributed by atoms with Gasteiger partial charge in [-0.15, -0.1) is 22.7 Å². The summed E-state index contributed by atoms with van der Waals surface area (Å²) in [5.41, 5.74) is 7.10. The maximum absolute atomic E-state index is 13.3. The smallest absolute Gasteiger partial charge is 0.284 e. The molecule has 0 fully saturated rings. The number of aliphatic hydroxyl groups excluding tert-OH is 2. The van der Waals surface area contributed by atoms with Gasteiger partial charge in [0.2, 0.25) is 0 Å². The summed E-state index contributed by atoms with van der Waals surface area (Å²) in [4.78, 5) is 42.6. The number of nitrogens with zero attached hydrogens (tertiary/aromatic N) is 4. The molecule has 4 heterocycles. The number of carbonyl (C=O) groups is 2. The third-order valence-corrected chi connectivity index (χ3v) is 11.3. The molecule has 0 radical (unpaired) electrons. The zero-order chi connectivity index (χ0) is 32.5. The SMILES string of the molecule is Cc1c(NC(=O)c2nc3c(s2)CN(C(C)CO)CC3)cccc1-c1cccc(NC(=O)c2nc3c(s2)CN(C(C)CO)CC3)c1C. The lowest BCUT2D eigenvalue weighted by molar-refractivity contribution is 0.101. The highest BCUT2D eigenvalue weighted by molar-refractivity contribution is 7.14. The van der Waals surface area contributed by atoms with Crippen molar-refractivity contribution in [1.29, 1.82) is 0 Å². The molecule has 6 rings (SSSR count). The summed E-state index contributed by atoms with van der Waals surface area (Å²) in [6.45, 7) is 11.2. The molecule has 46 heavy (non-hydrogen) atoms. The van der Waals surface area contributed by atoms with E-state index in [9.17, 15) is 19.8 Å². The molecule has 4 aromatic rings. The predicted octanol–water partition coefficient (Wildman–Crippen LogP) is 4.87. The number of aromatic nitrogens is 2. The van der Waals surface area contributed by atoms with Gasteiger partial charge in [-0.25, -0.2) is 9.97 Å². The Balaban J connectivity index is 1.17. The minimum Gasteiger partial charge on any atom is -0.395 e. The minimum atomic E-state index is -0.237. The minimum absolute atomic E-state index is 0.0687. The first-order valence-corrected chi connectivity index (χ1v) is 17.3. The first kappa shape index (κ1) is 32.4. The second kappa shape index (κ2) is 13.7. The standard InChI is InChI=1S/C34H40N6O4S2/c1-19(17-41)39-13-11-27-29(15-39)45-33(37-27)31(43)35-25-9-5-7-23(21(25)3)24-8-6-10-26(22(24)4)36-32(44)34-38-28-12-14-40(20(2)18-42)16-30(28)46-34/h5-10,19-20,41-42H,11-18H2,1-4H3,(H,35,43)(H,36,44). The summed E-state index contributed by atoms with van der Waals surface area (Å²) in [6, 6.07) is 11.8. The molecule has 0 bridgehead atoms. The number of hydrogen-bond donors (Lipinski definition) is 4. The predicted molar refractivity (Wildman–Crippen MR) is 183 cm³/mol. The van der Waals surface area contributed by atoms with Gasteiger partial charge in [0, 0.05) is 72.2 Å². The van der Waals surface area contributed by atoms with E-state index in [2.05, 4.69) is 30.4 Å². The van der Waals surface area contributed by atoms with Crippen molar-refractivity contribution in [2.45, 2.75) is 65.7 Å². The van der Waals surface area contributed by atoms with Crippen molar-refractivity contribution < 1.29 is 19.8 Å². The van der Waals surface area contributed by atoms with Crippen LogP contribution in [0.2, 0.25) is 0 Å². The van der Waals surface area contributed by atoms with Crippen LogP contribution in [0.1, 0.15) is 65.7 Å². The number of fused-ring (bicyclic) bond motifs is 2. The van der Waals surface area contributed by atoms with E-state index in [1.165, 1.54) is 22.7 Å². The number of amides is 2. The summed E-state index contributed by atoms with van der Waals surface area (Å²) in [7, 11) is 0. The molecule has 2 amide bonds. The van der Waals surface area contributed by atoms with Crippen molar-refractivity contribution in [3.8, 4) is 11.1 Å². The Kier molecular flexibility index (Phi) is 9.64. The van der Waals surface area contributed by atoms with Gasteiger partial charge in [0.15, 0.2) is 10.0 Å². The number of aliphatic hydroxyl groups is 2. The van der Waals surface area contributed by atoms with Gasteiger partial charge in [-0.1, -0.05) is 24.3 Å². The molecule has 2 aromatic carbocycles. The first-order valence-electron chi connectivity index (χ1n) is 15.7. The Bertz CT molecular complexity index is 1640. The Morgan fingerprint density at radius 3 is 1.57 bits per heavy atom. The number of rotatable bonds is 9. The molecule has 0 aliphatic carbocycles. The molecule has 2 aliphatic heterocycles. The van der Waals surface area contributed by atoms with Gasteiger partial charge in [0.1, 0.15) is 0 Å². The second-order valence-corrected chi connectivity index (χ2v) is 14.3. The molecule has 12 heteroatoms. The van der Waals surface area contributed by atoms with Crippen molar-refractivity contribution in [3.63, 3.8) is 0 Å². The molecule has 0 spiro atoms. The normalized spacial score (nSPS) is 16.4. The van der Waals surface area contributed by atoms with Crippen LogP contribution in [0.15, 0.2) is 36.4 Å². The molecule has 2 unspecified atom stereocenters. The number of benzene rings is 2. The van der Waals surface area contributed by atoms with Crippen molar-refractivity contribution in [2.75, 3.05) is 36.9 Å². The molecule has 10 nitrogen and oxygen atoms in total. The number of carbonyl (C=O) groups excluding carboxylic acids is 2. The third-order valence-electron chi connectivity index (χ3n) is 9.14. The molecule has 0 saturated heterocycles. The zero-order valence-electron chi connectivity index (χ0n) is 26.6. The lowest BCUT2D eigenvalue weighted by Crippen LogP contribution is -2.39. The molecular weight excluding hydrogens is 621 g/mol. The average molecular weight is 661 g/mol. The van der Waals surface area contributed by atoms with Crippen LogP contribution in [0.4, 0.5) is 11.4 Å². The Morgan fingerprint density at radius 1 is 0.761 bits per heavy atom. The van der Waals surface area contributed by atoms with Gasteiger partial charge in [0.25, 0.3) is 11.8 Å². The van der Waals surface area contributed by atoms with Gasteiger partial charge in [-0.05, 0) is 62.1 Å². The number of thiazole rings is 2. The first-order chi connectivity index (χ1) is 22.2. The molecule has 2 aromatic heterocycles. The van der Waals surface area contributed by atoms with E-state index >= 15 is 0 Å². The van der Waals surface area contributed by atoms with E-state index in [1.807, 2.05) is 64.1 Å². The maximum atomic E-state index is 13.3. The monoisotopic (exact) mass is 660 g/mol. The van der Waals surface area contributed by atoms with Crippen molar-refractivity contribution >= 4 is 45.9 Å². The maximum Gasteiger partial charge on any atom is 0.284 e. The number of hydrogen-bond acceptors (Lipinski definition) is 10. The molecule has 242 valence electrons. The van der Waals surface area contributed by atoms with Gasteiger partial charge in [0.05, 0.1) is 24.6 Å². The molecule has 2 aliphatic rings. The second-order valence-electron chi connectivity index (χ2n) is 12.1. The summed E-state index contributed by atoms with van der Waals surface area (Å²) in [6.07, 6.45) is 1.52. The summed E-state index contributed by atoms with van der Waals surface area (Å²) >= 11 is 2.83. The fourth-order valence-electron chi connectivity index (χ4n) is 6.09. The van der Waals surface area contributed by atoms with Crippen molar-refractivity contribution in [3.05, 3.63) is 78.7 Å². The lowest BCUT2D eigenvalue weighted by atomic mass is 9.94. The van der Waals surface area contributed by atoms with Crippen LogP contribution in [0.5, 0.6) is 0 Å². The Hall–Kier alpha value is -3.52. The van der Waals surface area contributed by atoms with Crippen LogP contribution in [0.3, 0.4) is 0 Å². The molecule has 4 N–H and O–H groups in total. The summed E-state index contributed by atoms with van der Waals surface area (Å²) < 4.78 is 0. The highest BCUT2D eigenvalue weighted by Crippen LogP contribution is 2.35. The Labute approximate surface area is 277 Å². The van der Waals surface area contributed by atoms with E-state index in [0.29, 0.717) is 34.5 Å². The number of anilines is 2. The third kappa shape index (κ3) is 6.51. The fourth-order valence-corrected chi connectivity index (χ4v) is 8.14. The van der Waals surface area contributed by atoms with E-state index in [-0.39, 0.29) is 37.1 Å². The van der Waals surface area contributed by atoms with Crippen molar-refractivity contribution in [2.24, 2.45) is 0 Å². The van der Waals surface area contributed by atoms with Crippen LogP contribution >= 0.6 is 22.7 Å². The van der Waals surface area contributed by atoms with Crippen LogP contribution in [-0.4, -0.2) is 80.2 Å². The van der Waals surface area contributed by atoms with E-state index in [1.54, 1.807) is 0 Å². The van der Waals surface area contributed by atoms with Crippen LogP contribution in [-0.2, 0) is 25.9 Å². The molecule has 0 saturated carbocycles. The fraction of sp³-hybridized carbons (Fsp3) is 0.412. The zero-order valence-corrected chi connectivity index (χ0v) is 28.2. The molecule has 2 atom stereocenters. The largest absolute Gasteiger partial charge is 0.395 e. The molecular formula is C34H40N6O4S2. The lowest BCUT2D eigenvalue weighted by Gasteiger charge is -2.30. The van der Waals surface area contributed by atoms with Gasteiger partial charge < -0.3 is 20.8 Å². The van der Waals surface area contributed by atoms with E-state index in [0.717, 1.165) is 69.3 Å². The van der Waals surface area contributed by atoms with E-state index in [4.69, 9.17) is 0 Å². The van der Waals surface area contributed by atoms with Crippen LogP contribution in [0.25, 0.3) is 11.1 Å². The van der Waals surface area contributed by atoms with Crippen LogP contribution in [0, 0.1) is 13.8 Å². The highest BCUT2D eigenvalue weighted by atomic mass is 32.1. The van der Waals surface area contributed by atoms with Crippen LogP contribution < -0.4 is 10.6 Å². The quantitative estimate of drug-likeness (QED) is 0.200. The van der Waals surface area contributed by atoms with Gasteiger partial charge >= 0.3 is 0 Å². The summed E-state index contributed by atoms with van der Waals surface area (Å²) in [5.74, 6) is -0.474. The number of nitrogens with one attached hydrogen (secondary N) is 2. The van der Waals surface area contributed by atoms with E-state index < -0.39 is 0 Å². The van der Waals surface area contributed by atoms with Crippen molar-refractivity contribution in [1.82, 2.24) is 19.8 Å². The summed E-state index contributed by atoms with van der Waals surface area (Å²) in [5, 5.41) is 26.1. The van der Waals surface area contributed by atoms with Gasteiger partial charge in [-0.2, -0.15) is 0 Å². The Morgan fingerprint density at radius 2 is 1.17 bits per heavy atom. The average Bonchev–Trinajstić information content (AvgIpc) is 3.70. The van der Waals surface area contributed by atoms with Gasteiger partial charge in [-0.3, -0.25) is 19.4 Å². The highest BCUT2D eigenvalue weighted by Gasteiger charge is 2.27. The topological polar surface area (TPSA) is 131 Å².